The van der Waals surface area contributed by atoms with Gasteiger partial charge in [-0.25, -0.2) is 0 Å². The van der Waals surface area contributed by atoms with Crippen molar-refractivity contribution in [3.63, 3.8) is 0 Å². The summed E-state index contributed by atoms with van der Waals surface area (Å²) >= 11 is 0. The zero-order chi connectivity index (χ0) is 38.1. The van der Waals surface area contributed by atoms with Crippen molar-refractivity contribution in [1.82, 2.24) is 0 Å². The van der Waals surface area contributed by atoms with E-state index >= 15 is 0 Å². The number of benzene rings is 1. The number of hydrogen-bond acceptors (Lipinski definition) is 6. The van der Waals surface area contributed by atoms with Crippen LogP contribution in [0.1, 0.15) is 134 Å². The molecule has 6 unspecified atom stereocenters. The molecular weight excluding hydrogens is 685 g/mol. The van der Waals surface area contributed by atoms with Crippen LogP contribution in [0.5, 0.6) is 0 Å². The predicted molar refractivity (Wildman–Crippen MR) is 205 cm³/mol. The second-order valence-corrected chi connectivity index (χ2v) is 20.2. The summed E-state index contributed by atoms with van der Waals surface area (Å²) in [6.45, 7) is 7.47. The number of esters is 1. The van der Waals surface area contributed by atoms with E-state index < -0.39 is 26.6 Å². The van der Waals surface area contributed by atoms with Gasteiger partial charge in [-0.1, -0.05) is 49.5 Å². The van der Waals surface area contributed by atoms with Crippen molar-refractivity contribution in [2.24, 2.45) is 46.3 Å². The molecule has 0 bridgehead atoms. The summed E-state index contributed by atoms with van der Waals surface area (Å²) in [5.74, 6) is 9.63. The largest absolute Gasteiger partial charge is 0.445 e. The number of terminal acetylenes is 2. The molecule has 5 fully saturated rings. The van der Waals surface area contributed by atoms with E-state index in [4.69, 9.17) is 17.6 Å². The fraction of sp³-hybridized carbons (Fsp3) is 0.689. The maximum atomic E-state index is 11.8. The summed E-state index contributed by atoms with van der Waals surface area (Å²) < 4.78 is 37.7. The summed E-state index contributed by atoms with van der Waals surface area (Å²) in [4.78, 5) is 23.5. The van der Waals surface area contributed by atoms with Gasteiger partial charge in [0.15, 0.2) is 11.4 Å². The molecule has 1 aromatic carbocycles. The molecule has 0 heterocycles. The smallest absolute Gasteiger partial charge is 0.304 e. The highest BCUT2D eigenvalue weighted by Gasteiger charge is 2.64. The molecule has 8 rings (SSSR count). The summed E-state index contributed by atoms with van der Waals surface area (Å²) in [7, 11) is -4.01. The molecular formula is C45H58O7S. The lowest BCUT2D eigenvalue weighted by molar-refractivity contribution is -0.167. The average molecular weight is 743 g/mol. The van der Waals surface area contributed by atoms with E-state index in [0.29, 0.717) is 66.5 Å². The van der Waals surface area contributed by atoms with E-state index in [9.17, 15) is 27.7 Å². The molecule has 5 saturated carbocycles. The van der Waals surface area contributed by atoms with E-state index in [1.54, 1.807) is 6.92 Å². The van der Waals surface area contributed by atoms with E-state index in [1.807, 2.05) is 12.1 Å². The lowest BCUT2D eigenvalue weighted by Gasteiger charge is -2.55. The first-order valence-electron chi connectivity index (χ1n) is 20.2. The monoisotopic (exact) mass is 742 g/mol. The number of fused-ring (bicyclic) bond motifs is 10. The molecule has 0 amide bonds. The molecule has 2 N–H and O–H groups in total. The number of aliphatic hydroxyl groups is 1. The standard InChI is InChI=1S/C23H30O4S.C22H28O3/c1-4-23(24)12-10-21-20-8-6-17-14-16(13-15(2)28(25,26)27)5-7-18(17)19(20)9-11-22(21,23)3;1-4-22(25-14(2)23)12-10-20-19-7-5-15-13-16(24)6-8-17(15)18(19)9-11-21(20,22)3/h1,5,7,14-15,19-21,24H,6,8-13H2,2-3H3,(H,25,26,27);1,13,17-20H,5-12H2,2-3H3/t15?,19?,20?,21?,22-,23?;17-,18+,19+,20-,21-,22?/m00/s1. The van der Waals surface area contributed by atoms with Crippen molar-refractivity contribution in [2.75, 3.05) is 0 Å². The number of carbonyl (C=O) groups is 2. The van der Waals surface area contributed by atoms with Crippen LogP contribution in [0.25, 0.3) is 0 Å². The molecule has 7 nitrogen and oxygen atoms in total. The fourth-order valence-corrected chi connectivity index (χ4v) is 13.7. The van der Waals surface area contributed by atoms with Crippen molar-refractivity contribution in [3.05, 3.63) is 46.5 Å². The first-order valence-corrected chi connectivity index (χ1v) is 21.7. The topological polar surface area (TPSA) is 118 Å². The molecule has 7 aliphatic carbocycles. The van der Waals surface area contributed by atoms with E-state index in [0.717, 1.165) is 82.6 Å². The minimum atomic E-state index is -4.01. The van der Waals surface area contributed by atoms with Crippen LogP contribution in [0.15, 0.2) is 29.8 Å². The lowest BCUT2D eigenvalue weighted by atomic mass is 9.50. The summed E-state index contributed by atoms with van der Waals surface area (Å²) in [5.41, 5.74) is 3.07. The highest BCUT2D eigenvalue weighted by molar-refractivity contribution is 7.86. The van der Waals surface area contributed by atoms with Crippen molar-refractivity contribution < 1.29 is 32.4 Å². The molecule has 0 spiro atoms. The SMILES string of the molecule is C#CC1(O)CCC2C3CCc4cc(CC(C)S(=O)(=O)O)ccc4C3CC[C@@]21C.C#CC1(OC(C)=O)CC[C@H]2[C@@H]3CCC4=CC(=O)CC[C@@H]4[C@H]3CC[C@@]21C. The molecule has 12 atom stereocenters. The Morgan fingerprint density at radius 1 is 0.887 bits per heavy atom. The molecule has 0 saturated heterocycles. The minimum absolute atomic E-state index is 0.111. The van der Waals surface area contributed by atoms with Crippen LogP contribution in [-0.2, 0) is 37.3 Å². The average Bonchev–Trinajstić information content (AvgIpc) is 3.57. The number of allylic oxidation sites excluding steroid dienone is 1. The Morgan fingerprint density at radius 2 is 1.58 bits per heavy atom. The normalized spacial score (nSPS) is 41.5. The fourth-order valence-electron chi connectivity index (χ4n) is 13.3. The van der Waals surface area contributed by atoms with Crippen LogP contribution in [0, 0.1) is 71.0 Å². The third kappa shape index (κ3) is 6.24. The Morgan fingerprint density at radius 3 is 2.28 bits per heavy atom. The van der Waals surface area contributed by atoms with Crippen LogP contribution >= 0.6 is 0 Å². The number of hydrogen-bond donors (Lipinski definition) is 2. The summed E-state index contributed by atoms with van der Waals surface area (Å²) in [6, 6.07) is 6.32. The van der Waals surface area contributed by atoms with Gasteiger partial charge in [-0.3, -0.25) is 14.1 Å². The van der Waals surface area contributed by atoms with Crippen LogP contribution < -0.4 is 0 Å². The van der Waals surface area contributed by atoms with Crippen LogP contribution in [0.3, 0.4) is 0 Å². The molecule has 286 valence electrons. The van der Waals surface area contributed by atoms with Crippen LogP contribution in [0.4, 0.5) is 0 Å². The van der Waals surface area contributed by atoms with Gasteiger partial charge < -0.3 is 9.84 Å². The molecule has 7 aliphatic rings. The highest BCUT2D eigenvalue weighted by Crippen LogP contribution is 2.66. The van der Waals surface area contributed by atoms with Gasteiger partial charge in [0.2, 0.25) is 0 Å². The summed E-state index contributed by atoms with van der Waals surface area (Å²) in [6.07, 6.45) is 27.6. The molecule has 0 aliphatic heterocycles. The van der Waals surface area contributed by atoms with Gasteiger partial charge in [0.1, 0.15) is 5.60 Å². The minimum Gasteiger partial charge on any atom is -0.445 e. The molecule has 0 aromatic heterocycles. The van der Waals surface area contributed by atoms with Crippen molar-refractivity contribution in [2.45, 2.75) is 146 Å². The zero-order valence-corrected chi connectivity index (χ0v) is 32.8. The lowest BCUT2D eigenvalue weighted by Crippen LogP contribution is -2.53. The Labute approximate surface area is 317 Å². The Bertz CT molecular complexity index is 1880. The van der Waals surface area contributed by atoms with Crippen LogP contribution in [0.2, 0.25) is 0 Å². The highest BCUT2D eigenvalue weighted by atomic mass is 32.2. The van der Waals surface area contributed by atoms with Gasteiger partial charge in [0.05, 0.1) is 5.25 Å². The molecule has 53 heavy (non-hydrogen) atoms. The van der Waals surface area contributed by atoms with Crippen molar-refractivity contribution >= 4 is 21.9 Å². The van der Waals surface area contributed by atoms with Gasteiger partial charge in [-0.15, -0.1) is 12.8 Å². The Balaban J connectivity index is 0.000000165. The maximum Gasteiger partial charge on any atom is 0.304 e. The number of ketones is 1. The second-order valence-electron chi connectivity index (χ2n) is 18.3. The molecule has 8 heteroatoms. The van der Waals surface area contributed by atoms with Gasteiger partial charge in [0.25, 0.3) is 10.1 Å². The van der Waals surface area contributed by atoms with Crippen molar-refractivity contribution in [1.29, 1.82) is 0 Å². The first kappa shape index (κ1) is 38.4. The van der Waals surface area contributed by atoms with Gasteiger partial charge in [0, 0.05) is 24.2 Å². The predicted octanol–water partition coefficient (Wildman–Crippen LogP) is 7.79. The number of ether oxygens (including phenoxy) is 1. The van der Waals surface area contributed by atoms with Gasteiger partial charge >= 0.3 is 5.97 Å². The maximum absolute atomic E-state index is 11.8. The van der Waals surface area contributed by atoms with Gasteiger partial charge in [-0.2, -0.15) is 8.42 Å². The Kier molecular flexibility index (Phi) is 9.90. The van der Waals surface area contributed by atoms with E-state index in [2.05, 4.69) is 37.8 Å². The van der Waals surface area contributed by atoms with E-state index in [1.165, 1.54) is 23.6 Å². The summed E-state index contributed by atoms with van der Waals surface area (Å²) in [5, 5.41) is 10.2. The third-order valence-electron chi connectivity index (χ3n) is 16.2. The number of aryl methyl sites for hydroxylation is 1. The first-order chi connectivity index (χ1) is 25.0. The quantitative estimate of drug-likeness (QED) is 0.184. The second kappa shape index (κ2) is 13.7. The molecule has 0 radical (unpaired) electrons. The van der Waals surface area contributed by atoms with Crippen molar-refractivity contribution in [3.8, 4) is 24.7 Å². The molecule has 1 aromatic rings. The third-order valence-corrected chi connectivity index (χ3v) is 17.4. The van der Waals surface area contributed by atoms with E-state index in [-0.39, 0.29) is 16.8 Å². The zero-order valence-electron chi connectivity index (χ0n) is 32.0. The van der Waals surface area contributed by atoms with Crippen LogP contribution in [-0.4, -0.2) is 46.3 Å². The Hall–Kier alpha value is -2.91. The number of rotatable bonds is 4. The number of carbonyl (C=O) groups excluding carboxylic acids is 2. The van der Waals surface area contributed by atoms with Gasteiger partial charge in [-0.05, 0) is 161 Å².